The van der Waals surface area contributed by atoms with Crippen LogP contribution in [0.3, 0.4) is 0 Å². The van der Waals surface area contributed by atoms with E-state index in [4.69, 9.17) is 15.2 Å². The molecule has 0 bridgehead atoms. The quantitative estimate of drug-likeness (QED) is 0.729. The lowest BCUT2D eigenvalue weighted by molar-refractivity contribution is 0.168. The number of ether oxygens (including phenoxy) is 2. The van der Waals surface area contributed by atoms with Crippen molar-refractivity contribution in [1.82, 2.24) is 4.98 Å². The number of rotatable bonds is 5. The highest BCUT2D eigenvalue weighted by Gasteiger charge is 2.08. The molecule has 2 N–H and O–H groups in total. The second kappa shape index (κ2) is 6.77. The molecule has 118 valence electrons. The number of benzene rings is 2. The number of hydrogen-bond acceptors (Lipinski definition) is 4. The number of hydrogen-bond donors (Lipinski definition) is 1. The number of nitrogens with two attached hydrogens (primary N) is 1. The minimum Gasteiger partial charge on any atom is -0.398 e. The molecule has 1 aromatic heterocycles. The fourth-order valence-electron chi connectivity index (χ4n) is 2.75. The maximum absolute atomic E-state index is 6.06. The molecule has 0 aliphatic heterocycles. The van der Waals surface area contributed by atoms with Gasteiger partial charge in [-0.25, -0.2) is 0 Å². The zero-order chi connectivity index (χ0) is 16.2. The van der Waals surface area contributed by atoms with Crippen molar-refractivity contribution in [2.24, 2.45) is 0 Å². The smallest absolute Gasteiger partial charge is 0.0729 e. The molecule has 0 atom stereocenters. The Morgan fingerprint density at radius 2 is 1.57 bits per heavy atom. The average Bonchev–Trinajstić information content (AvgIpc) is 2.56. The highest BCUT2D eigenvalue weighted by molar-refractivity contribution is 5.88. The summed E-state index contributed by atoms with van der Waals surface area (Å²) in [4.78, 5) is 4.56. The van der Waals surface area contributed by atoms with Gasteiger partial charge in [0.05, 0.1) is 18.9 Å². The molecule has 0 saturated heterocycles. The number of pyridine rings is 1. The Kier molecular flexibility index (Phi) is 4.55. The van der Waals surface area contributed by atoms with E-state index in [-0.39, 0.29) is 0 Å². The first-order chi connectivity index (χ1) is 11.2. The molecule has 3 aromatic rings. The Hall–Kier alpha value is -2.43. The molecule has 3 rings (SSSR count). The molecular weight excluding hydrogens is 288 g/mol. The lowest BCUT2D eigenvalue weighted by Gasteiger charge is -2.12. The van der Waals surface area contributed by atoms with Gasteiger partial charge in [-0.15, -0.1) is 0 Å². The fraction of sp³-hybridized carbons (Fsp3) is 0.211. The molecule has 23 heavy (non-hydrogen) atoms. The predicted molar refractivity (Wildman–Crippen MR) is 93.0 cm³/mol. The van der Waals surface area contributed by atoms with Gasteiger partial charge in [0.1, 0.15) is 0 Å². The normalized spacial score (nSPS) is 11.0. The Morgan fingerprint density at radius 3 is 2.22 bits per heavy atom. The number of anilines is 1. The van der Waals surface area contributed by atoms with Crippen LogP contribution in [0.1, 0.15) is 11.1 Å². The van der Waals surface area contributed by atoms with Crippen LogP contribution in [0.4, 0.5) is 5.69 Å². The second-order valence-corrected chi connectivity index (χ2v) is 5.49. The van der Waals surface area contributed by atoms with E-state index in [1.165, 1.54) is 0 Å². The van der Waals surface area contributed by atoms with E-state index in [0.717, 1.165) is 38.8 Å². The Balaban J connectivity index is 2.12. The number of nitrogens with zero attached hydrogens (tertiary/aromatic N) is 1. The number of para-hydroxylation sites is 1. The van der Waals surface area contributed by atoms with Crippen LogP contribution in [0.15, 0.2) is 48.7 Å². The molecule has 0 radical (unpaired) electrons. The lowest BCUT2D eigenvalue weighted by Crippen LogP contribution is -1.99. The average molecular weight is 308 g/mol. The van der Waals surface area contributed by atoms with E-state index in [0.29, 0.717) is 13.2 Å². The fourth-order valence-corrected chi connectivity index (χ4v) is 2.75. The van der Waals surface area contributed by atoms with Crippen LogP contribution in [0.25, 0.3) is 22.0 Å². The van der Waals surface area contributed by atoms with Crippen molar-refractivity contribution < 1.29 is 9.47 Å². The van der Waals surface area contributed by atoms with Crippen LogP contribution in [-0.2, 0) is 22.7 Å². The van der Waals surface area contributed by atoms with E-state index in [1.54, 1.807) is 14.2 Å². The molecule has 0 unspecified atom stereocenters. The zero-order valence-electron chi connectivity index (χ0n) is 13.4. The van der Waals surface area contributed by atoms with E-state index < -0.39 is 0 Å². The van der Waals surface area contributed by atoms with Gasteiger partial charge in [0.15, 0.2) is 0 Å². The van der Waals surface area contributed by atoms with Gasteiger partial charge in [0.25, 0.3) is 0 Å². The van der Waals surface area contributed by atoms with E-state index in [9.17, 15) is 0 Å². The highest BCUT2D eigenvalue weighted by Crippen LogP contribution is 2.28. The number of methoxy groups -OCH3 is 2. The molecule has 0 saturated carbocycles. The molecule has 0 spiro atoms. The maximum Gasteiger partial charge on any atom is 0.0729 e. The topological polar surface area (TPSA) is 57.4 Å². The van der Waals surface area contributed by atoms with Gasteiger partial charge in [-0.05, 0) is 40.8 Å². The summed E-state index contributed by atoms with van der Waals surface area (Å²) in [6.07, 6.45) is 1.88. The van der Waals surface area contributed by atoms with Crippen LogP contribution in [0.5, 0.6) is 0 Å². The molecule has 2 aromatic carbocycles. The molecular formula is C19H20N2O2. The predicted octanol–water partition coefficient (Wildman–Crippen LogP) is 3.78. The standard InChI is InChI=1S/C19H20N2O2/c1-22-11-15-7-13-9-19(17-5-3-4-6-18(17)20)21-10-14(13)8-16(15)12-23-2/h3-10H,11-12,20H2,1-2H3. The molecule has 4 nitrogen and oxygen atoms in total. The van der Waals surface area contributed by atoms with Crippen molar-refractivity contribution in [2.45, 2.75) is 13.2 Å². The summed E-state index contributed by atoms with van der Waals surface area (Å²) in [7, 11) is 3.39. The molecule has 4 heteroatoms. The number of nitrogen functional groups attached to an aromatic ring is 1. The van der Waals surface area contributed by atoms with Gasteiger partial charge in [-0.2, -0.15) is 0 Å². The molecule has 1 heterocycles. The number of aromatic nitrogens is 1. The second-order valence-electron chi connectivity index (χ2n) is 5.49. The highest BCUT2D eigenvalue weighted by atomic mass is 16.5. The Morgan fingerprint density at radius 1 is 0.913 bits per heavy atom. The van der Waals surface area contributed by atoms with Gasteiger partial charge >= 0.3 is 0 Å². The van der Waals surface area contributed by atoms with Crippen LogP contribution < -0.4 is 5.73 Å². The summed E-state index contributed by atoms with van der Waals surface area (Å²) in [5.41, 5.74) is 10.9. The van der Waals surface area contributed by atoms with E-state index in [2.05, 4.69) is 23.2 Å². The lowest BCUT2D eigenvalue weighted by atomic mass is 10.0. The van der Waals surface area contributed by atoms with Crippen LogP contribution in [0.2, 0.25) is 0 Å². The summed E-state index contributed by atoms with van der Waals surface area (Å²) >= 11 is 0. The van der Waals surface area contributed by atoms with Crippen molar-refractivity contribution >= 4 is 16.5 Å². The van der Waals surface area contributed by atoms with E-state index >= 15 is 0 Å². The van der Waals surface area contributed by atoms with Crippen molar-refractivity contribution in [1.29, 1.82) is 0 Å². The Labute approximate surface area is 135 Å². The first kappa shape index (κ1) is 15.5. The third-order valence-electron chi connectivity index (χ3n) is 3.88. The minimum absolute atomic E-state index is 0.555. The van der Waals surface area contributed by atoms with Crippen LogP contribution in [-0.4, -0.2) is 19.2 Å². The summed E-state index contributed by atoms with van der Waals surface area (Å²) in [6, 6.07) is 14.1. The van der Waals surface area contributed by atoms with Crippen molar-refractivity contribution in [3.8, 4) is 11.3 Å². The summed E-state index contributed by atoms with van der Waals surface area (Å²) < 4.78 is 10.6. The molecule has 0 fully saturated rings. The monoisotopic (exact) mass is 308 g/mol. The molecule has 0 aliphatic rings. The SMILES string of the molecule is COCc1cc2cnc(-c3ccccc3N)cc2cc1COC. The largest absolute Gasteiger partial charge is 0.398 e. The zero-order valence-corrected chi connectivity index (χ0v) is 13.4. The first-order valence-electron chi connectivity index (χ1n) is 7.47. The third-order valence-corrected chi connectivity index (χ3v) is 3.88. The van der Waals surface area contributed by atoms with Crippen LogP contribution in [0, 0.1) is 0 Å². The summed E-state index contributed by atoms with van der Waals surface area (Å²) in [5.74, 6) is 0. The summed E-state index contributed by atoms with van der Waals surface area (Å²) in [6.45, 7) is 1.11. The number of fused-ring (bicyclic) bond motifs is 1. The van der Waals surface area contributed by atoms with Crippen molar-refractivity contribution in [2.75, 3.05) is 20.0 Å². The van der Waals surface area contributed by atoms with Gasteiger partial charge < -0.3 is 15.2 Å². The van der Waals surface area contributed by atoms with Crippen LogP contribution >= 0.6 is 0 Å². The van der Waals surface area contributed by atoms with Gasteiger partial charge in [-0.3, -0.25) is 4.98 Å². The Bertz CT molecular complexity index is 831. The molecule has 0 amide bonds. The van der Waals surface area contributed by atoms with Gasteiger partial charge in [-0.1, -0.05) is 18.2 Å². The first-order valence-corrected chi connectivity index (χ1v) is 7.47. The van der Waals surface area contributed by atoms with Gasteiger partial charge in [0.2, 0.25) is 0 Å². The summed E-state index contributed by atoms with van der Waals surface area (Å²) in [5, 5.41) is 2.19. The maximum atomic E-state index is 6.06. The third kappa shape index (κ3) is 3.18. The van der Waals surface area contributed by atoms with Gasteiger partial charge in [0, 0.05) is 37.1 Å². The van der Waals surface area contributed by atoms with E-state index in [1.807, 2.05) is 30.5 Å². The van der Waals surface area contributed by atoms with Crippen molar-refractivity contribution in [3.05, 3.63) is 59.8 Å². The molecule has 0 aliphatic carbocycles. The minimum atomic E-state index is 0.555. The van der Waals surface area contributed by atoms with Crippen molar-refractivity contribution in [3.63, 3.8) is 0 Å².